The number of rotatable bonds is 1. The van der Waals surface area contributed by atoms with E-state index >= 15 is 0 Å². The van der Waals surface area contributed by atoms with E-state index in [4.69, 9.17) is 4.74 Å². The summed E-state index contributed by atoms with van der Waals surface area (Å²) < 4.78 is 5.31. The molecule has 3 rings (SSSR count). The Labute approximate surface area is 95.0 Å². The van der Waals surface area contributed by atoms with Crippen molar-refractivity contribution in [1.29, 1.82) is 0 Å². The fourth-order valence-electron chi connectivity index (χ4n) is 2.74. The van der Waals surface area contributed by atoms with Gasteiger partial charge in [0.15, 0.2) is 0 Å². The maximum absolute atomic E-state index is 11.8. The lowest BCUT2D eigenvalue weighted by atomic mass is 9.91. The molecule has 0 saturated heterocycles. The molecule has 84 valence electrons. The van der Waals surface area contributed by atoms with Crippen LogP contribution in [0.15, 0.2) is 12.1 Å². The van der Waals surface area contributed by atoms with E-state index in [2.05, 4.69) is 12.1 Å². The predicted octanol–water partition coefficient (Wildman–Crippen LogP) is 1.92. The molecule has 3 heteroatoms. The smallest absolute Gasteiger partial charge is 0.227 e. The van der Waals surface area contributed by atoms with Crippen molar-refractivity contribution in [2.24, 2.45) is 0 Å². The second-order valence-corrected chi connectivity index (χ2v) is 4.44. The number of amides is 1. The van der Waals surface area contributed by atoms with Crippen molar-refractivity contribution in [3.05, 3.63) is 23.3 Å². The number of aryl methyl sites for hydroxylation is 2. The van der Waals surface area contributed by atoms with Crippen LogP contribution < -0.4 is 9.64 Å². The fraction of sp³-hybridized carbons (Fsp3) is 0.462. The Morgan fingerprint density at radius 2 is 1.94 bits per heavy atom. The quantitative estimate of drug-likeness (QED) is 0.719. The number of methoxy groups -OCH3 is 1. The summed E-state index contributed by atoms with van der Waals surface area (Å²) in [5.41, 5.74) is 3.71. The average Bonchev–Trinajstić information content (AvgIpc) is 2.33. The summed E-state index contributed by atoms with van der Waals surface area (Å²) in [6, 6.07) is 4.15. The predicted molar refractivity (Wildman–Crippen MR) is 62.0 cm³/mol. The van der Waals surface area contributed by atoms with Crippen LogP contribution in [0.4, 0.5) is 5.69 Å². The van der Waals surface area contributed by atoms with E-state index < -0.39 is 0 Å². The minimum absolute atomic E-state index is 0.276. The number of benzene rings is 1. The summed E-state index contributed by atoms with van der Waals surface area (Å²) in [7, 11) is 1.70. The zero-order valence-corrected chi connectivity index (χ0v) is 9.45. The Morgan fingerprint density at radius 3 is 2.69 bits per heavy atom. The fourth-order valence-corrected chi connectivity index (χ4v) is 2.74. The van der Waals surface area contributed by atoms with Gasteiger partial charge in [-0.25, -0.2) is 0 Å². The van der Waals surface area contributed by atoms with E-state index in [0.29, 0.717) is 6.42 Å². The van der Waals surface area contributed by atoms with E-state index in [9.17, 15) is 4.79 Å². The average molecular weight is 217 g/mol. The molecule has 0 N–H and O–H groups in total. The molecule has 0 fully saturated rings. The second kappa shape index (κ2) is 3.51. The van der Waals surface area contributed by atoms with Gasteiger partial charge < -0.3 is 9.64 Å². The lowest BCUT2D eigenvalue weighted by molar-refractivity contribution is -0.119. The van der Waals surface area contributed by atoms with Crippen LogP contribution >= 0.6 is 0 Å². The molecule has 2 heterocycles. The summed E-state index contributed by atoms with van der Waals surface area (Å²) in [6.45, 7) is 0.880. The number of anilines is 1. The Hall–Kier alpha value is -1.51. The molecule has 0 saturated carbocycles. The van der Waals surface area contributed by atoms with Gasteiger partial charge in [0.2, 0.25) is 5.91 Å². The van der Waals surface area contributed by atoms with Gasteiger partial charge in [-0.3, -0.25) is 4.79 Å². The number of hydrogen-bond donors (Lipinski definition) is 0. The molecule has 0 aliphatic carbocycles. The molecular formula is C13H15NO2. The van der Waals surface area contributed by atoms with Gasteiger partial charge in [0, 0.05) is 13.0 Å². The molecule has 1 aromatic rings. The highest BCUT2D eigenvalue weighted by Crippen LogP contribution is 2.38. The first-order valence-electron chi connectivity index (χ1n) is 5.80. The lowest BCUT2D eigenvalue weighted by Gasteiger charge is -2.35. The standard InChI is InChI=1S/C13H15NO2/c1-16-11-7-9-3-2-6-14-12(15)5-4-10(8-11)13(9)14/h7-8H,2-6H2,1H3. The Balaban J connectivity index is 2.18. The molecule has 2 aliphatic heterocycles. The monoisotopic (exact) mass is 217 g/mol. The first-order chi connectivity index (χ1) is 7.79. The van der Waals surface area contributed by atoms with Gasteiger partial charge in [-0.05, 0) is 42.5 Å². The lowest BCUT2D eigenvalue weighted by Crippen LogP contribution is -2.39. The van der Waals surface area contributed by atoms with Crippen molar-refractivity contribution in [2.75, 3.05) is 18.6 Å². The Morgan fingerprint density at radius 1 is 1.19 bits per heavy atom. The Bertz CT molecular complexity index is 436. The highest BCUT2D eigenvalue weighted by atomic mass is 16.5. The maximum Gasteiger partial charge on any atom is 0.227 e. The van der Waals surface area contributed by atoms with E-state index in [-0.39, 0.29) is 5.91 Å². The van der Waals surface area contributed by atoms with E-state index in [1.165, 1.54) is 16.8 Å². The maximum atomic E-state index is 11.8. The normalized spacial score (nSPS) is 18.3. The minimum Gasteiger partial charge on any atom is -0.497 e. The van der Waals surface area contributed by atoms with E-state index in [1.807, 2.05) is 4.90 Å². The molecular weight excluding hydrogens is 202 g/mol. The van der Waals surface area contributed by atoms with E-state index in [1.54, 1.807) is 7.11 Å². The van der Waals surface area contributed by atoms with Gasteiger partial charge in [-0.2, -0.15) is 0 Å². The third-order valence-corrected chi connectivity index (χ3v) is 3.48. The number of ether oxygens (including phenoxy) is 1. The highest BCUT2D eigenvalue weighted by molar-refractivity contribution is 5.97. The molecule has 16 heavy (non-hydrogen) atoms. The van der Waals surface area contributed by atoms with Crippen LogP contribution in [0.25, 0.3) is 0 Å². The van der Waals surface area contributed by atoms with Gasteiger partial charge in [-0.1, -0.05) is 0 Å². The van der Waals surface area contributed by atoms with Crippen LogP contribution in [0.3, 0.4) is 0 Å². The van der Waals surface area contributed by atoms with Gasteiger partial charge in [0.25, 0.3) is 0 Å². The van der Waals surface area contributed by atoms with Crippen molar-refractivity contribution in [3.8, 4) is 5.75 Å². The Kier molecular flexibility index (Phi) is 2.13. The van der Waals surface area contributed by atoms with E-state index in [0.717, 1.165) is 31.6 Å². The minimum atomic E-state index is 0.276. The van der Waals surface area contributed by atoms with Crippen molar-refractivity contribution >= 4 is 11.6 Å². The van der Waals surface area contributed by atoms with Crippen LogP contribution in [-0.2, 0) is 17.6 Å². The third kappa shape index (κ3) is 1.31. The van der Waals surface area contributed by atoms with Crippen molar-refractivity contribution in [3.63, 3.8) is 0 Å². The van der Waals surface area contributed by atoms with Crippen LogP contribution in [0, 0.1) is 0 Å². The van der Waals surface area contributed by atoms with Gasteiger partial charge in [-0.15, -0.1) is 0 Å². The van der Waals surface area contributed by atoms with Gasteiger partial charge in [0.1, 0.15) is 5.75 Å². The van der Waals surface area contributed by atoms with Crippen molar-refractivity contribution in [2.45, 2.75) is 25.7 Å². The molecule has 0 aromatic heterocycles. The zero-order valence-electron chi connectivity index (χ0n) is 9.45. The van der Waals surface area contributed by atoms with Crippen molar-refractivity contribution < 1.29 is 9.53 Å². The number of nitrogens with zero attached hydrogens (tertiary/aromatic N) is 1. The first kappa shape index (κ1) is 9.70. The van der Waals surface area contributed by atoms with Crippen molar-refractivity contribution in [1.82, 2.24) is 0 Å². The largest absolute Gasteiger partial charge is 0.497 e. The molecule has 0 spiro atoms. The number of hydrogen-bond acceptors (Lipinski definition) is 2. The highest BCUT2D eigenvalue weighted by Gasteiger charge is 2.29. The summed E-state index contributed by atoms with van der Waals surface area (Å²) in [5, 5.41) is 0. The summed E-state index contributed by atoms with van der Waals surface area (Å²) >= 11 is 0. The molecule has 2 aliphatic rings. The van der Waals surface area contributed by atoms with Crippen LogP contribution in [-0.4, -0.2) is 19.6 Å². The zero-order chi connectivity index (χ0) is 11.1. The van der Waals surface area contributed by atoms with Gasteiger partial charge >= 0.3 is 0 Å². The molecule has 0 unspecified atom stereocenters. The summed E-state index contributed by atoms with van der Waals surface area (Å²) in [4.78, 5) is 13.8. The number of carbonyl (C=O) groups excluding carboxylic acids is 1. The van der Waals surface area contributed by atoms with Crippen LogP contribution in [0.5, 0.6) is 5.75 Å². The molecule has 1 amide bonds. The second-order valence-electron chi connectivity index (χ2n) is 4.44. The third-order valence-electron chi connectivity index (χ3n) is 3.48. The molecule has 0 bridgehead atoms. The first-order valence-corrected chi connectivity index (χ1v) is 5.80. The van der Waals surface area contributed by atoms with Crippen LogP contribution in [0.2, 0.25) is 0 Å². The van der Waals surface area contributed by atoms with Gasteiger partial charge in [0.05, 0.1) is 12.8 Å². The summed E-state index contributed by atoms with van der Waals surface area (Å²) in [6.07, 6.45) is 3.61. The van der Waals surface area contributed by atoms with Crippen LogP contribution in [0.1, 0.15) is 24.0 Å². The molecule has 1 aromatic carbocycles. The SMILES string of the molecule is COc1cc2c3c(c1)CCC(=O)N3CCC2. The molecule has 3 nitrogen and oxygen atoms in total. The topological polar surface area (TPSA) is 29.5 Å². The number of carbonyl (C=O) groups is 1. The summed E-state index contributed by atoms with van der Waals surface area (Å²) in [5.74, 6) is 1.20. The molecule has 0 atom stereocenters. The molecule has 0 radical (unpaired) electrons.